The molecule has 1 aromatic carbocycles. The molecule has 1 rings (SSSR count). The van der Waals surface area contributed by atoms with Gasteiger partial charge in [0, 0.05) is 0 Å². The molecule has 0 aliphatic rings. The van der Waals surface area contributed by atoms with Crippen LogP contribution < -0.4 is 0 Å². The molecule has 2 heteroatoms. The van der Waals surface area contributed by atoms with Crippen LogP contribution in [0.4, 0.5) is 0 Å². The topological polar surface area (TPSA) is 0 Å². The van der Waals surface area contributed by atoms with E-state index >= 15 is 0 Å². The minimum absolute atomic E-state index is 0.877. The van der Waals surface area contributed by atoms with Crippen LogP contribution in [-0.2, 0) is 0 Å². The Kier molecular flexibility index (Phi) is 5.59. The zero-order chi connectivity index (χ0) is 8.65. The van der Waals surface area contributed by atoms with Crippen LogP contribution in [0.15, 0.2) is 35.2 Å². The van der Waals surface area contributed by atoms with Gasteiger partial charge in [-0.15, -0.1) is 0 Å². The Morgan fingerprint density at radius 2 is 2.00 bits per heavy atom. The summed E-state index contributed by atoms with van der Waals surface area (Å²) in [6.45, 7) is 2.27. The summed E-state index contributed by atoms with van der Waals surface area (Å²) in [5.74, 6) is 1.29. The predicted molar refractivity (Wildman–Crippen MR) is 58.2 cm³/mol. The molecule has 0 aliphatic heterocycles. The number of hydrogen-bond donors (Lipinski definition) is 0. The number of hydrogen-bond acceptors (Lipinski definition) is 1. The average Bonchev–Trinajstić information content (AvgIpc) is 2.14. The molecule has 0 radical (unpaired) electrons. The van der Waals surface area contributed by atoms with Crippen molar-refractivity contribution in [3.63, 3.8) is 0 Å². The molecule has 0 fully saturated rings. The third-order valence-corrected chi connectivity index (χ3v) is 4.93. The molecule has 0 saturated carbocycles. The van der Waals surface area contributed by atoms with Crippen molar-refractivity contribution < 1.29 is 0 Å². The number of benzene rings is 1. The van der Waals surface area contributed by atoms with Crippen molar-refractivity contribution in [2.45, 2.75) is 22.5 Å². The van der Waals surface area contributed by atoms with Crippen molar-refractivity contribution in [1.29, 1.82) is 0 Å². The Hall–Kier alpha value is 0.0895. The fourth-order valence-corrected chi connectivity index (χ4v) is 3.54. The zero-order valence-corrected chi connectivity index (χ0v) is 9.85. The van der Waals surface area contributed by atoms with Crippen LogP contribution in [-0.4, -0.2) is 20.7 Å². The second-order valence-corrected chi connectivity index (χ2v) is 6.45. The first kappa shape index (κ1) is 10.2. The van der Waals surface area contributed by atoms with Crippen LogP contribution in [0, 0.1) is 0 Å². The zero-order valence-electron chi connectivity index (χ0n) is 7.32. The van der Waals surface area contributed by atoms with Crippen LogP contribution in [0.2, 0.25) is 10.6 Å². The first-order chi connectivity index (χ1) is 5.93. The van der Waals surface area contributed by atoms with Gasteiger partial charge in [0.25, 0.3) is 0 Å². The summed E-state index contributed by atoms with van der Waals surface area (Å²) >= 11 is 2.85. The molecule has 66 valence electrons. The van der Waals surface area contributed by atoms with Gasteiger partial charge in [-0.05, 0) is 0 Å². The molecule has 0 amide bonds. The molecular formula is C10H14SSe. The first-order valence-electron chi connectivity index (χ1n) is 4.19. The van der Waals surface area contributed by atoms with Crippen molar-refractivity contribution in [2.75, 3.05) is 5.75 Å². The van der Waals surface area contributed by atoms with Gasteiger partial charge in [0.2, 0.25) is 0 Å². The van der Waals surface area contributed by atoms with Gasteiger partial charge in [-0.25, -0.2) is 0 Å². The average molecular weight is 245 g/mol. The molecule has 0 aromatic heterocycles. The van der Waals surface area contributed by atoms with Gasteiger partial charge in [-0.1, -0.05) is 0 Å². The molecule has 0 saturated heterocycles. The van der Waals surface area contributed by atoms with E-state index in [1.165, 1.54) is 21.3 Å². The van der Waals surface area contributed by atoms with Gasteiger partial charge in [-0.2, -0.15) is 0 Å². The Bertz CT molecular complexity index is 198. The van der Waals surface area contributed by atoms with Crippen molar-refractivity contribution in [3.05, 3.63) is 30.3 Å². The summed E-state index contributed by atoms with van der Waals surface area (Å²) in [7, 11) is 0. The van der Waals surface area contributed by atoms with Gasteiger partial charge in [-0.3, -0.25) is 0 Å². The van der Waals surface area contributed by atoms with E-state index in [-0.39, 0.29) is 0 Å². The SMILES string of the molecule is CC[Se]CCSc1ccccc1. The maximum atomic E-state index is 2.27. The molecule has 0 spiro atoms. The van der Waals surface area contributed by atoms with E-state index in [2.05, 4.69) is 37.3 Å². The molecule has 0 aliphatic carbocycles. The quantitative estimate of drug-likeness (QED) is 0.435. The third-order valence-electron chi connectivity index (χ3n) is 1.44. The van der Waals surface area contributed by atoms with E-state index in [1.54, 1.807) is 0 Å². The normalized spacial score (nSPS) is 10.1. The van der Waals surface area contributed by atoms with Crippen LogP contribution in [0.5, 0.6) is 0 Å². The van der Waals surface area contributed by atoms with E-state index < -0.39 is 0 Å². The summed E-state index contributed by atoms with van der Waals surface area (Å²) in [6, 6.07) is 10.6. The van der Waals surface area contributed by atoms with Crippen molar-refractivity contribution >= 4 is 26.7 Å². The molecule has 0 N–H and O–H groups in total. The van der Waals surface area contributed by atoms with Gasteiger partial charge in [0.15, 0.2) is 0 Å². The van der Waals surface area contributed by atoms with E-state index in [0.29, 0.717) is 0 Å². The van der Waals surface area contributed by atoms with E-state index in [4.69, 9.17) is 0 Å². The van der Waals surface area contributed by atoms with Gasteiger partial charge in [0.05, 0.1) is 0 Å². The second-order valence-electron chi connectivity index (χ2n) is 2.36. The number of thioether (sulfide) groups is 1. The van der Waals surface area contributed by atoms with Crippen LogP contribution in [0.3, 0.4) is 0 Å². The molecular weight excluding hydrogens is 231 g/mol. The van der Waals surface area contributed by atoms with Gasteiger partial charge >= 0.3 is 85.3 Å². The first-order valence-corrected chi connectivity index (χ1v) is 7.60. The third kappa shape index (κ3) is 4.20. The van der Waals surface area contributed by atoms with E-state index in [1.807, 2.05) is 11.8 Å². The minimum atomic E-state index is 0.877. The van der Waals surface area contributed by atoms with Gasteiger partial charge in [0.1, 0.15) is 0 Å². The Labute approximate surface area is 85.3 Å². The molecule has 0 atom stereocenters. The monoisotopic (exact) mass is 246 g/mol. The van der Waals surface area contributed by atoms with Crippen molar-refractivity contribution in [2.24, 2.45) is 0 Å². The molecule has 0 heterocycles. The van der Waals surface area contributed by atoms with E-state index in [0.717, 1.165) is 15.0 Å². The molecule has 1 aromatic rings. The fraction of sp³-hybridized carbons (Fsp3) is 0.400. The van der Waals surface area contributed by atoms with E-state index in [9.17, 15) is 0 Å². The predicted octanol–water partition coefficient (Wildman–Crippen LogP) is 3.34. The maximum absolute atomic E-state index is 2.27. The summed E-state index contributed by atoms with van der Waals surface area (Å²) < 4.78 is 0. The van der Waals surface area contributed by atoms with Crippen LogP contribution in [0.25, 0.3) is 0 Å². The van der Waals surface area contributed by atoms with Gasteiger partial charge < -0.3 is 0 Å². The van der Waals surface area contributed by atoms with Crippen LogP contribution in [0.1, 0.15) is 6.92 Å². The molecule has 0 unspecified atom stereocenters. The number of rotatable bonds is 5. The van der Waals surface area contributed by atoms with Crippen LogP contribution >= 0.6 is 11.8 Å². The Morgan fingerprint density at radius 1 is 1.25 bits per heavy atom. The molecule has 0 nitrogen and oxygen atoms in total. The Balaban J connectivity index is 2.16. The summed E-state index contributed by atoms with van der Waals surface area (Å²) in [5.41, 5.74) is 0. The van der Waals surface area contributed by atoms with Crippen molar-refractivity contribution in [1.82, 2.24) is 0 Å². The molecule has 12 heavy (non-hydrogen) atoms. The second kappa shape index (κ2) is 6.59. The van der Waals surface area contributed by atoms with Crippen molar-refractivity contribution in [3.8, 4) is 0 Å². The Morgan fingerprint density at radius 3 is 2.67 bits per heavy atom. The summed E-state index contributed by atoms with van der Waals surface area (Å²) in [4.78, 5) is 1.41. The molecule has 0 bridgehead atoms. The fourth-order valence-electron chi connectivity index (χ4n) is 0.880. The summed E-state index contributed by atoms with van der Waals surface area (Å²) in [5, 5.41) is 2.78. The standard InChI is InChI=1S/C10H14SSe/c1-2-12-9-8-11-10-6-4-3-5-7-10/h3-7H,2,8-9H2,1H3. The summed E-state index contributed by atoms with van der Waals surface area (Å²) in [6.07, 6.45) is 0.